The summed E-state index contributed by atoms with van der Waals surface area (Å²) in [6.45, 7) is 8.61. The van der Waals surface area contributed by atoms with E-state index in [2.05, 4.69) is 58.0 Å². The van der Waals surface area contributed by atoms with Gasteiger partial charge in [-0.15, -0.1) is 0 Å². The summed E-state index contributed by atoms with van der Waals surface area (Å²) in [4.78, 5) is 14.7. The van der Waals surface area contributed by atoms with Crippen LogP contribution in [0.2, 0.25) is 0 Å². The Morgan fingerprint density at radius 3 is 2.17 bits per heavy atom. The lowest BCUT2D eigenvalue weighted by Crippen LogP contribution is -2.38. The van der Waals surface area contributed by atoms with Crippen LogP contribution in [-0.4, -0.2) is 11.1 Å². The van der Waals surface area contributed by atoms with Crippen molar-refractivity contribution < 1.29 is 14.6 Å². The first-order valence-electron chi connectivity index (χ1n) is 12.4. The average Bonchev–Trinajstić information content (AvgIpc) is 2.86. The minimum atomic E-state index is -0.900. The highest BCUT2D eigenvalue weighted by atomic mass is 32.2. The first kappa shape index (κ1) is 25.1. The molecule has 0 amide bonds. The molecule has 3 aromatic carbocycles. The van der Waals surface area contributed by atoms with Gasteiger partial charge < -0.3 is 9.84 Å². The normalized spacial score (nSPS) is 18.3. The quantitative estimate of drug-likeness (QED) is 0.325. The van der Waals surface area contributed by atoms with E-state index in [4.69, 9.17) is 4.74 Å². The van der Waals surface area contributed by atoms with Crippen LogP contribution in [0.5, 0.6) is 0 Å². The van der Waals surface area contributed by atoms with Crippen LogP contribution >= 0.6 is 11.8 Å². The molecule has 0 saturated heterocycles. The predicted octanol–water partition coefficient (Wildman–Crippen LogP) is 8.27. The highest BCUT2D eigenvalue weighted by Gasteiger charge is 2.43. The summed E-state index contributed by atoms with van der Waals surface area (Å²) < 4.78 is 6.24. The van der Waals surface area contributed by atoms with Crippen LogP contribution in [0.15, 0.2) is 94.4 Å². The van der Waals surface area contributed by atoms with Crippen LogP contribution in [-0.2, 0) is 21.6 Å². The van der Waals surface area contributed by atoms with Gasteiger partial charge in [0, 0.05) is 4.90 Å². The van der Waals surface area contributed by atoms with Gasteiger partial charge in [-0.1, -0.05) is 112 Å². The predicted molar refractivity (Wildman–Crippen MR) is 144 cm³/mol. The Morgan fingerprint density at radius 2 is 1.57 bits per heavy atom. The van der Waals surface area contributed by atoms with Gasteiger partial charge in [0.2, 0.25) is 0 Å². The Morgan fingerprint density at radius 1 is 0.914 bits per heavy atom. The summed E-state index contributed by atoms with van der Waals surface area (Å²) >= 11 is 1.33. The lowest BCUT2D eigenvalue weighted by Gasteiger charge is -2.37. The lowest BCUT2D eigenvalue weighted by molar-refractivity contribution is -0.160. The topological polar surface area (TPSA) is 46.5 Å². The average molecular weight is 487 g/mol. The number of aliphatic hydroxyl groups excluding tert-OH is 1. The van der Waals surface area contributed by atoms with Crippen molar-refractivity contribution in [2.24, 2.45) is 0 Å². The largest absolute Gasteiger partial charge is 0.511 e. The minimum absolute atomic E-state index is 0.104. The number of cyclic esters (lactones) is 1. The van der Waals surface area contributed by atoms with Crippen LogP contribution in [0.25, 0.3) is 0 Å². The van der Waals surface area contributed by atoms with Crippen molar-refractivity contribution in [3.8, 4) is 0 Å². The second kappa shape index (κ2) is 10.7. The summed E-state index contributed by atoms with van der Waals surface area (Å²) in [5.74, 6) is 0.323. The van der Waals surface area contributed by atoms with E-state index >= 15 is 0 Å². The highest BCUT2D eigenvalue weighted by molar-refractivity contribution is 8.04. The molecule has 4 rings (SSSR count). The van der Waals surface area contributed by atoms with Crippen molar-refractivity contribution in [2.75, 3.05) is 0 Å². The van der Waals surface area contributed by atoms with Crippen molar-refractivity contribution in [1.82, 2.24) is 0 Å². The van der Waals surface area contributed by atoms with Gasteiger partial charge in [-0.3, -0.25) is 0 Å². The molecule has 3 nitrogen and oxygen atoms in total. The van der Waals surface area contributed by atoms with Crippen LogP contribution in [0.4, 0.5) is 0 Å². The van der Waals surface area contributed by atoms with Crippen molar-refractivity contribution in [1.29, 1.82) is 0 Å². The van der Waals surface area contributed by atoms with E-state index in [-0.39, 0.29) is 12.2 Å². The van der Waals surface area contributed by atoms with E-state index in [0.717, 1.165) is 22.4 Å². The number of aryl methyl sites for hydroxylation is 1. The second-order valence-corrected chi connectivity index (χ2v) is 10.9. The van der Waals surface area contributed by atoms with Gasteiger partial charge in [0.25, 0.3) is 0 Å². The molecular weight excluding hydrogens is 452 g/mol. The molecule has 0 fully saturated rings. The van der Waals surface area contributed by atoms with Crippen LogP contribution in [0.3, 0.4) is 0 Å². The number of hydrogen-bond donors (Lipinski definition) is 1. The first-order chi connectivity index (χ1) is 16.8. The Hall–Kier alpha value is -2.98. The summed E-state index contributed by atoms with van der Waals surface area (Å²) in [6, 6.07) is 26.4. The van der Waals surface area contributed by atoms with E-state index in [1.807, 2.05) is 48.5 Å². The van der Waals surface area contributed by atoms with Crippen molar-refractivity contribution in [3.05, 3.63) is 112 Å². The number of esters is 1. The summed E-state index contributed by atoms with van der Waals surface area (Å²) in [5.41, 5.74) is 3.56. The molecule has 0 bridgehead atoms. The zero-order chi connectivity index (χ0) is 25.0. The molecule has 182 valence electrons. The molecule has 35 heavy (non-hydrogen) atoms. The van der Waals surface area contributed by atoms with Gasteiger partial charge >= 0.3 is 5.97 Å². The molecule has 3 aromatic rings. The first-order valence-corrected chi connectivity index (χ1v) is 13.2. The van der Waals surface area contributed by atoms with Gasteiger partial charge in [-0.05, 0) is 53.0 Å². The van der Waals surface area contributed by atoms with Crippen LogP contribution < -0.4 is 0 Å². The smallest absolute Gasteiger partial charge is 0.349 e. The summed E-state index contributed by atoms with van der Waals surface area (Å²) in [6.07, 6.45) is 1.60. The van der Waals surface area contributed by atoms with Gasteiger partial charge in [0.05, 0.1) is 6.42 Å². The monoisotopic (exact) mass is 486 g/mol. The third-order valence-electron chi connectivity index (χ3n) is 6.69. The number of thioether (sulfide) groups is 1. The Labute approximate surface area is 213 Å². The third kappa shape index (κ3) is 5.65. The number of benzene rings is 3. The highest BCUT2D eigenvalue weighted by Crippen LogP contribution is 2.46. The number of aliphatic hydroxyl groups is 1. The van der Waals surface area contributed by atoms with Crippen LogP contribution in [0, 0.1) is 0 Å². The van der Waals surface area contributed by atoms with Gasteiger partial charge in [-0.25, -0.2) is 4.79 Å². The molecular formula is C31H34O3S. The van der Waals surface area contributed by atoms with Gasteiger partial charge in [-0.2, -0.15) is 0 Å². The Balaban J connectivity index is 1.68. The van der Waals surface area contributed by atoms with E-state index in [1.165, 1.54) is 22.9 Å². The number of rotatable bonds is 8. The van der Waals surface area contributed by atoms with Crippen molar-refractivity contribution >= 4 is 17.7 Å². The molecule has 1 N–H and O–H groups in total. The van der Waals surface area contributed by atoms with Gasteiger partial charge in [0.15, 0.2) is 0 Å². The Bertz CT molecular complexity index is 1200. The zero-order valence-electron chi connectivity index (χ0n) is 21.0. The molecule has 0 aliphatic carbocycles. The molecule has 1 atom stereocenters. The van der Waals surface area contributed by atoms with E-state index in [0.29, 0.717) is 23.2 Å². The molecule has 1 aliphatic heterocycles. The third-order valence-corrected chi connectivity index (χ3v) is 7.87. The summed E-state index contributed by atoms with van der Waals surface area (Å²) in [7, 11) is 0. The number of hydrogen-bond acceptors (Lipinski definition) is 4. The Kier molecular flexibility index (Phi) is 7.71. The van der Waals surface area contributed by atoms with E-state index in [9.17, 15) is 9.90 Å². The zero-order valence-corrected chi connectivity index (χ0v) is 21.8. The fourth-order valence-corrected chi connectivity index (χ4v) is 5.74. The molecule has 4 heteroatoms. The molecule has 1 unspecified atom stereocenters. The molecule has 0 saturated carbocycles. The summed E-state index contributed by atoms with van der Waals surface area (Å²) in [5, 5.41) is 11.3. The minimum Gasteiger partial charge on any atom is -0.511 e. The fourth-order valence-electron chi connectivity index (χ4n) is 4.59. The lowest BCUT2D eigenvalue weighted by atomic mass is 9.82. The molecule has 1 heterocycles. The molecule has 1 aliphatic rings. The van der Waals surface area contributed by atoms with Crippen molar-refractivity contribution in [3.63, 3.8) is 0 Å². The maximum absolute atomic E-state index is 13.4. The fraction of sp³-hybridized carbons (Fsp3) is 0.323. The maximum Gasteiger partial charge on any atom is 0.349 e. The SMILES string of the molecule is CC(C)c1ccc(C(C)C)c(SC2=C(O)CC(CCc3ccccc3)(c3ccccc3)OC2=O)c1. The van der Waals surface area contributed by atoms with Crippen LogP contribution in [0.1, 0.15) is 74.6 Å². The second-order valence-electron chi connectivity index (χ2n) is 9.90. The number of carbonyl (C=O) groups is 1. The van der Waals surface area contributed by atoms with E-state index < -0.39 is 11.6 Å². The maximum atomic E-state index is 13.4. The number of carbonyl (C=O) groups excluding carboxylic acids is 1. The van der Waals surface area contributed by atoms with E-state index in [1.54, 1.807) is 0 Å². The molecule has 0 aromatic heterocycles. The molecule has 0 spiro atoms. The molecule has 0 radical (unpaired) electrons. The van der Waals surface area contributed by atoms with Crippen molar-refractivity contribution in [2.45, 2.75) is 69.3 Å². The van der Waals surface area contributed by atoms with Gasteiger partial charge in [0.1, 0.15) is 16.3 Å². The standard InChI is InChI=1S/C31H34O3S/c1-21(2)24-15-16-26(22(3)4)28(19-24)35-29-27(32)20-31(34-30(29)33,25-13-9-6-10-14-25)18-17-23-11-7-5-8-12-23/h5-16,19,21-22,32H,17-18,20H2,1-4H3. The number of ether oxygens (including phenoxy) is 1.